The molecule has 1 heterocycles. The lowest BCUT2D eigenvalue weighted by atomic mass is 9.85. The molecule has 0 spiro atoms. The monoisotopic (exact) mass is 352 g/mol. The lowest BCUT2D eigenvalue weighted by Gasteiger charge is -2.24. The molecule has 24 heavy (non-hydrogen) atoms. The molecule has 2 aliphatic rings. The Morgan fingerprint density at radius 1 is 1.29 bits per heavy atom. The molecule has 2 fully saturated rings. The second-order valence-corrected chi connectivity index (χ2v) is 6.86. The van der Waals surface area contributed by atoms with E-state index in [1.54, 1.807) is 0 Å². The Morgan fingerprint density at radius 2 is 2.08 bits per heavy atom. The zero-order valence-electron chi connectivity index (χ0n) is 14.4. The van der Waals surface area contributed by atoms with Crippen LogP contribution >= 0.6 is 12.4 Å². The number of fused-ring (bicyclic) bond motifs is 1. The Bertz CT molecular complexity index is 524. The fourth-order valence-corrected chi connectivity index (χ4v) is 3.83. The van der Waals surface area contributed by atoms with Crippen molar-refractivity contribution in [3.63, 3.8) is 0 Å². The Morgan fingerprint density at radius 3 is 2.88 bits per heavy atom. The first kappa shape index (κ1) is 19.1. The molecular formula is C19H29ClN2O2. The van der Waals surface area contributed by atoms with Crippen molar-refractivity contribution >= 4 is 18.3 Å². The van der Waals surface area contributed by atoms with Crippen molar-refractivity contribution in [3.05, 3.63) is 29.8 Å². The number of benzene rings is 1. The van der Waals surface area contributed by atoms with Crippen LogP contribution in [0.25, 0.3) is 0 Å². The molecule has 1 saturated carbocycles. The molecule has 134 valence electrons. The van der Waals surface area contributed by atoms with E-state index in [4.69, 9.17) is 4.74 Å². The third kappa shape index (κ3) is 4.87. The minimum absolute atomic E-state index is 0. The molecule has 3 unspecified atom stereocenters. The van der Waals surface area contributed by atoms with Crippen molar-refractivity contribution in [1.82, 2.24) is 10.6 Å². The maximum atomic E-state index is 12.3. The van der Waals surface area contributed by atoms with Gasteiger partial charge in [-0.1, -0.05) is 31.0 Å². The van der Waals surface area contributed by atoms with Crippen molar-refractivity contribution in [3.8, 4) is 5.75 Å². The van der Waals surface area contributed by atoms with E-state index in [1.807, 2.05) is 31.2 Å². The first-order valence-electron chi connectivity index (χ1n) is 8.96. The van der Waals surface area contributed by atoms with Crippen LogP contribution < -0.4 is 15.4 Å². The van der Waals surface area contributed by atoms with Gasteiger partial charge in [0.05, 0.1) is 12.6 Å². The van der Waals surface area contributed by atoms with Crippen LogP contribution in [0.1, 0.15) is 44.1 Å². The minimum Gasteiger partial charge on any atom is -0.493 e. The number of carbonyl (C=O) groups excluding carboxylic acids is 1. The summed E-state index contributed by atoms with van der Waals surface area (Å²) in [6.45, 7) is 3.36. The van der Waals surface area contributed by atoms with Crippen LogP contribution in [0.2, 0.25) is 0 Å². The van der Waals surface area contributed by atoms with Crippen LogP contribution in [0.3, 0.4) is 0 Å². The molecule has 1 aliphatic heterocycles. The highest BCUT2D eigenvalue weighted by atomic mass is 35.5. The molecule has 0 bridgehead atoms. The molecule has 1 saturated heterocycles. The highest BCUT2D eigenvalue weighted by molar-refractivity contribution is 5.85. The Hall–Kier alpha value is -1.26. The largest absolute Gasteiger partial charge is 0.493 e. The predicted molar refractivity (Wildman–Crippen MR) is 98.8 cm³/mol. The molecule has 0 radical (unpaired) electrons. The molecule has 1 aromatic rings. The molecule has 1 aromatic carbocycles. The number of halogens is 1. The topological polar surface area (TPSA) is 50.4 Å². The van der Waals surface area contributed by atoms with Crippen LogP contribution in [0, 0.1) is 12.8 Å². The van der Waals surface area contributed by atoms with Crippen molar-refractivity contribution in [2.24, 2.45) is 5.92 Å². The maximum Gasteiger partial charge on any atom is 0.237 e. The SMILES string of the molecule is Cc1ccccc1OCCCNC(=O)C1CC2CCCCC2N1.Cl. The third-order valence-electron chi connectivity index (χ3n) is 5.15. The highest BCUT2D eigenvalue weighted by Crippen LogP contribution is 2.33. The summed E-state index contributed by atoms with van der Waals surface area (Å²) in [6, 6.07) is 8.61. The van der Waals surface area contributed by atoms with Crippen molar-refractivity contribution in [2.75, 3.05) is 13.2 Å². The lowest BCUT2D eigenvalue weighted by molar-refractivity contribution is -0.122. The lowest BCUT2D eigenvalue weighted by Crippen LogP contribution is -2.43. The van der Waals surface area contributed by atoms with Crippen molar-refractivity contribution < 1.29 is 9.53 Å². The molecular weight excluding hydrogens is 324 g/mol. The van der Waals surface area contributed by atoms with Crippen LogP contribution in [0.15, 0.2) is 24.3 Å². The summed E-state index contributed by atoms with van der Waals surface area (Å²) >= 11 is 0. The quantitative estimate of drug-likeness (QED) is 0.773. The normalized spacial score (nSPS) is 25.5. The van der Waals surface area contributed by atoms with Gasteiger partial charge in [-0.15, -0.1) is 12.4 Å². The standard InChI is InChI=1S/C19H28N2O2.ClH/c1-14-7-2-5-10-18(14)23-12-6-11-20-19(22)17-13-15-8-3-4-9-16(15)21-17;/h2,5,7,10,15-17,21H,3-4,6,8-9,11-13H2,1H3,(H,20,22);1H. The number of hydrogen-bond acceptors (Lipinski definition) is 3. The molecule has 1 amide bonds. The van der Waals surface area contributed by atoms with E-state index in [9.17, 15) is 4.79 Å². The van der Waals surface area contributed by atoms with Gasteiger partial charge in [0.15, 0.2) is 0 Å². The first-order valence-corrected chi connectivity index (χ1v) is 8.96. The van der Waals surface area contributed by atoms with E-state index in [0.29, 0.717) is 25.1 Å². The van der Waals surface area contributed by atoms with E-state index < -0.39 is 0 Å². The Labute approximate surface area is 151 Å². The van der Waals surface area contributed by atoms with E-state index in [0.717, 1.165) is 24.2 Å². The summed E-state index contributed by atoms with van der Waals surface area (Å²) < 4.78 is 5.75. The van der Waals surface area contributed by atoms with E-state index in [1.165, 1.54) is 25.7 Å². The molecule has 1 aliphatic carbocycles. The zero-order valence-corrected chi connectivity index (χ0v) is 15.2. The van der Waals surface area contributed by atoms with Gasteiger partial charge in [-0.05, 0) is 50.2 Å². The molecule has 2 N–H and O–H groups in total. The van der Waals surface area contributed by atoms with Gasteiger partial charge in [0.2, 0.25) is 5.91 Å². The second-order valence-electron chi connectivity index (χ2n) is 6.86. The number of para-hydroxylation sites is 1. The van der Waals surface area contributed by atoms with Gasteiger partial charge in [-0.3, -0.25) is 4.79 Å². The summed E-state index contributed by atoms with van der Waals surface area (Å²) in [5, 5.41) is 6.58. The first-order chi connectivity index (χ1) is 11.2. The number of carbonyl (C=O) groups is 1. The number of hydrogen-bond donors (Lipinski definition) is 2. The molecule has 4 nitrogen and oxygen atoms in total. The average molecular weight is 353 g/mol. The number of nitrogens with one attached hydrogen (secondary N) is 2. The fraction of sp³-hybridized carbons (Fsp3) is 0.632. The van der Waals surface area contributed by atoms with Gasteiger partial charge in [0.25, 0.3) is 0 Å². The molecule has 3 atom stereocenters. The van der Waals surface area contributed by atoms with Gasteiger partial charge >= 0.3 is 0 Å². The number of amides is 1. The van der Waals surface area contributed by atoms with Gasteiger partial charge < -0.3 is 15.4 Å². The minimum atomic E-state index is 0. The van der Waals surface area contributed by atoms with Gasteiger partial charge in [-0.2, -0.15) is 0 Å². The zero-order chi connectivity index (χ0) is 16.1. The van der Waals surface area contributed by atoms with E-state index >= 15 is 0 Å². The van der Waals surface area contributed by atoms with Crippen LogP contribution in [-0.4, -0.2) is 31.1 Å². The number of rotatable bonds is 6. The van der Waals surface area contributed by atoms with Crippen LogP contribution in [-0.2, 0) is 4.79 Å². The number of aryl methyl sites for hydroxylation is 1. The summed E-state index contributed by atoms with van der Waals surface area (Å²) in [6.07, 6.45) is 6.99. The van der Waals surface area contributed by atoms with Crippen LogP contribution in [0.5, 0.6) is 5.75 Å². The predicted octanol–water partition coefficient (Wildman–Crippen LogP) is 3.22. The van der Waals surface area contributed by atoms with Crippen molar-refractivity contribution in [1.29, 1.82) is 0 Å². The van der Waals surface area contributed by atoms with Crippen molar-refractivity contribution in [2.45, 2.75) is 57.5 Å². The van der Waals surface area contributed by atoms with E-state index in [2.05, 4.69) is 10.6 Å². The Balaban J connectivity index is 0.00000208. The van der Waals surface area contributed by atoms with Gasteiger partial charge in [0.1, 0.15) is 5.75 Å². The Kier molecular flexibility index (Phi) is 7.38. The summed E-state index contributed by atoms with van der Waals surface area (Å²) in [5.74, 6) is 1.81. The highest BCUT2D eigenvalue weighted by Gasteiger charge is 2.37. The molecule has 0 aromatic heterocycles. The summed E-state index contributed by atoms with van der Waals surface area (Å²) in [7, 11) is 0. The second kappa shape index (κ2) is 9.28. The third-order valence-corrected chi connectivity index (χ3v) is 5.15. The molecule has 3 rings (SSSR count). The summed E-state index contributed by atoms with van der Waals surface area (Å²) in [5.41, 5.74) is 1.15. The van der Waals surface area contributed by atoms with Crippen LogP contribution in [0.4, 0.5) is 0 Å². The maximum absolute atomic E-state index is 12.3. The van der Waals surface area contributed by atoms with Gasteiger partial charge in [0, 0.05) is 12.6 Å². The van der Waals surface area contributed by atoms with Gasteiger partial charge in [-0.25, -0.2) is 0 Å². The smallest absolute Gasteiger partial charge is 0.237 e. The fourth-order valence-electron chi connectivity index (χ4n) is 3.83. The average Bonchev–Trinajstić information content (AvgIpc) is 3.00. The summed E-state index contributed by atoms with van der Waals surface area (Å²) in [4.78, 5) is 12.3. The van der Waals surface area contributed by atoms with E-state index in [-0.39, 0.29) is 24.4 Å². The molecule has 5 heteroatoms. The number of ether oxygens (including phenoxy) is 1.